The van der Waals surface area contributed by atoms with Gasteiger partial charge in [-0.05, 0) is 17.2 Å². The summed E-state index contributed by atoms with van der Waals surface area (Å²) in [6.45, 7) is 4.30. The molecule has 4 heterocycles. The van der Waals surface area contributed by atoms with Crippen LogP contribution in [-0.2, 0) is 11.3 Å². The number of aliphatic imine (C=N–C) groups is 1. The van der Waals surface area contributed by atoms with Gasteiger partial charge in [-0.3, -0.25) is 19.1 Å². The van der Waals surface area contributed by atoms with Crippen molar-refractivity contribution >= 4 is 29.2 Å². The number of nitrogens with two attached hydrogens (primary N) is 1. The number of carbonyl (C=O) groups is 1. The molecule has 1 aliphatic heterocycles. The number of fused-ring (bicyclic) bond motifs is 1. The Bertz CT molecular complexity index is 1550. The van der Waals surface area contributed by atoms with Gasteiger partial charge in [0.15, 0.2) is 0 Å². The van der Waals surface area contributed by atoms with Gasteiger partial charge < -0.3 is 20.7 Å². The zero-order valence-electron chi connectivity index (χ0n) is 23.4. The molecule has 0 unspecified atom stereocenters. The summed E-state index contributed by atoms with van der Waals surface area (Å²) in [5.74, 6) is 1.67. The first-order valence-electron chi connectivity index (χ1n) is 13.6. The highest BCUT2D eigenvalue weighted by atomic mass is 16.5. The molecule has 3 N–H and O–H groups in total. The van der Waals surface area contributed by atoms with Gasteiger partial charge in [-0.15, -0.1) is 0 Å². The van der Waals surface area contributed by atoms with Crippen LogP contribution in [0.1, 0.15) is 17.5 Å². The number of imidazole rings is 1. The summed E-state index contributed by atoms with van der Waals surface area (Å²) in [5, 5.41) is 3.38. The molecule has 1 amide bonds. The van der Waals surface area contributed by atoms with E-state index in [1.807, 2.05) is 48.0 Å². The zero-order valence-corrected chi connectivity index (χ0v) is 23.4. The quantitative estimate of drug-likeness (QED) is 0.287. The molecule has 0 saturated carbocycles. The zero-order chi connectivity index (χ0) is 28.6. The minimum absolute atomic E-state index is 0.198. The number of benzene rings is 1. The smallest absolute Gasteiger partial charge is 0.223 e. The molecule has 0 spiro atoms. The number of likely N-dealkylation sites (N-methyl/N-ethyl adjacent to an activating group) is 1. The summed E-state index contributed by atoms with van der Waals surface area (Å²) in [4.78, 5) is 33.4. The lowest BCUT2D eigenvalue weighted by Crippen LogP contribution is -2.32. The lowest BCUT2D eigenvalue weighted by atomic mass is 10.1. The fraction of sp³-hybridized carbons (Fsp3) is 0.300. The van der Waals surface area contributed by atoms with Crippen molar-refractivity contribution < 1.29 is 9.53 Å². The standard InChI is InChI=1S/C30H35N9O2/c1-32-19-24(17-31)23-5-3-22(4-6-23)18-33-28-16-26(35-21-36-28)27-20-34-29-15-25(7-10-39(27)29)41-14-13-38-9-8-30(40)37(2)11-12-38/h3-7,10,15-17,19-21H,8-9,11-14,18,31H2,1-2H3,(H,33,35,36). The molecule has 1 fully saturated rings. The highest BCUT2D eigenvalue weighted by molar-refractivity contribution is 6.09. The summed E-state index contributed by atoms with van der Waals surface area (Å²) >= 11 is 0. The Morgan fingerprint density at radius 2 is 1.98 bits per heavy atom. The van der Waals surface area contributed by atoms with E-state index >= 15 is 0 Å². The second-order valence-corrected chi connectivity index (χ2v) is 9.84. The maximum atomic E-state index is 11.9. The molecule has 0 bridgehead atoms. The van der Waals surface area contributed by atoms with Gasteiger partial charge in [0.1, 0.15) is 30.1 Å². The maximum absolute atomic E-state index is 11.9. The molecule has 4 aromatic rings. The molecule has 11 heteroatoms. The lowest BCUT2D eigenvalue weighted by molar-refractivity contribution is -0.129. The Labute approximate surface area is 239 Å². The number of pyridine rings is 1. The van der Waals surface area contributed by atoms with Gasteiger partial charge in [-0.2, -0.15) is 0 Å². The molecule has 3 aromatic heterocycles. The van der Waals surface area contributed by atoms with Gasteiger partial charge in [0.2, 0.25) is 5.91 Å². The van der Waals surface area contributed by atoms with Crippen LogP contribution in [0.5, 0.6) is 5.75 Å². The van der Waals surface area contributed by atoms with Gasteiger partial charge in [0.25, 0.3) is 0 Å². The number of rotatable bonds is 10. The third kappa shape index (κ3) is 6.87. The molecular formula is C30H35N9O2. The van der Waals surface area contributed by atoms with E-state index in [-0.39, 0.29) is 5.91 Å². The van der Waals surface area contributed by atoms with E-state index in [0.29, 0.717) is 19.6 Å². The van der Waals surface area contributed by atoms with Crippen molar-refractivity contribution in [3.8, 4) is 17.1 Å². The van der Waals surface area contributed by atoms with Crippen LogP contribution in [0.25, 0.3) is 22.6 Å². The normalized spacial score (nSPS) is 15.0. The largest absolute Gasteiger partial charge is 0.492 e. The fourth-order valence-electron chi connectivity index (χ4n) is 4.68. The summed E-state index contributed by atoms with van der Waals surface area (Å²) in [7, 11) is 3.58. The predicted molar refractivity (Wildman–Crippen MR) is 161 cm³/mol. The van der Waals surface area contributed by atoms with E-state index in [9.17, 15) is 4.79 Å². The van der Waals surface area contributed by atoms with Crippen molar-refractivity contribution in [1.82, 2.24) is 29.2 Å². The summed E-state index contributed by atoms with van der Waals surface area (Å²) < 4.78 is 8.00. The molecule has 0 aliphatic carbocycles. The summed E-state index contributed by atoms with van der Waals surface area (Å²) in [5.41, 5.74) is 11.1. The van der Waals surface area contributed by atoms with Crippen LogP contribution >= 0.6 is 0 Å². The average molecular weight is 554 g/mol. The fourth-order valence-corrected chi connectivity index (χ4v) is 4.68. The molecule has 5 rings (SSSR count). The van der Waals surface area contributed by atoms with Gasteiger partial charge in [0.05, 0.1) is 17.6 Å². The van der Waals surface area contributed by atoms with Crippen molar-refractivity contribution in [2.45, 2.75) is 13.0 Å². The number of nitrogens with one attached hydrogen (secondary N) is 1. The minimum Gasteiger partial charge on any atom is -0.492 e. The van der Waals surface area contributed by atoms with Gasteiger partial charge in [-0.25, -0.2) is 15.0 Å². The Morgan fingerprint density at radius 1 is 1.12 bits per heavy atom. The number of anilines is 1. The van der Waals surface area contributed by atoms with Crippen molar-refractivity contribution in [3.63, 3.8) is 0 Å². The topological polar surface area (TPSA) is 126 Å². The Hall–Kier alpha value is -4.77. The molecule has 0 radical (unpaired) electrons. The number of allylic oxidation sites excluding steroid dienone is 1. The molecular weight excluding hydrogens is 518 g/mol. The number of nitrogens with zero attached hydrogens (tertiary/aromatic N) is 7. The Kier molecular flexibility index (Phi) is 8.85. The van der Waals surface area contributed by atoms with E-state index < -0.39 is 0 Å². The van der Waals surface area contributed by atoms with Gasteiger partial charge >= 0.3 is 0 Å². The average Bonchev–Trinajstić information content (AvgIpc) is 3.36. The number of aromatic nitrogens is 4. The molecule has 41 heavy (non-hydrogen) atoms. The lowest BCUT2D eigenvalue weighted by Gasteiger charge is -2.19. The minimum atomic E-state index is 0.198. The van der Waals surface area contributed by atoms with Crippen molar-refractivity contribution in [2.24, 2.45) is 10.7 Å². The van der Waals surface area contributed by atoms with E-state index in [1.165, 1.54) is 0 Å². The monoisotopic (exact) mass is 553 g/mol. The van der Waals surface area contributed by atoms with Gasteiger partial charge in [0, 0.05) is 89.6 Å². The predicted octanol–water partition coefficient (Wildman–Crippen LogP) is 2.95. The van der Waals surface area contributed by atoms with Crippen LogP contribution in [0.4, 0.5) is 5.82 Å². The van der Waals surface area contributed by atoms with Crippen LogP contribution in [0.15, 0.2) is 72.4 Å². The van der Waals surface area contributed by atoms with E-state index in [1.54, 1.807) is 36.9 Å². The molecule has 0 atom stereocenters. The Morgan fingerprint density at radius 3 is 2.78 bits per heavy atom. The summed E-state index contributed by atoms with van der Waals surface area (Å²) in [6, 6.07) is 13.9. The van der Waals surface area contributed by atoms with E-state index in [0.717, 1.165) is 71.5 Å². The van der Waals surface area contributed by atoms with Crippen molar-refractivity contribution in [1.29, 1.82) is 0 Å². The van der Waals surface area contributed by atoms with E-state index in [2.05, 4.69) is 42.3 Å². The van der Waals surface area contributed by atoms with Crippen molar-refractivity contribution in [3.05, 3.63) is 78.5 Å². The second kappa shape index (κ2) is 13.1. The molecule has 212 valence electrons. The number of carbonyl (C=O) groups excluding carboxylic acids is 1. The Balaban J connectivity index is 1.19. The number of hydrogen-bond donors (Lipinski definition) is 2. The first-order valence-corrected chi connectivity index (χ1v) is 13.6. The number of ether oxygens (including phenoxy) is 1. The van der Waals surface area contributed by atoms with Crippen LogP contribution in [0, 0.1) is 0 Å². The van der Waals surface area contributed by atoms with Gasteiger partial charge in [-0.1, -0.05) is 24.3 Å². The molecule has 1 saturated heterocycles. The second-order valence-electron chi connectivity index (χ2n) is 9.84. The van der Waals surface area contributed by atoms with Crippen LogP contribution in [0.2, 0.25) is 0 Å². The number of amides is 1. The third-order valence-corrected chi connectivity index (χ3v) is 7.12. The number of hydrogen-bond acceptors (Lipinski definition) is 9. The first-order chi connectivity index (χ1) is 20.0. The summed E-state index contributed by atoms with van der Waals surface area (Å²) in [6.07, 6.45) is 9.14. The molecule has 1 aromatic carbocycles. The molecule has 11 nitrogen and oxygen atoms in total. The first kappa shape index (κ1) is 27.8. The third-order valence-electron chi connectivity index (χ3n) is 7.12. The molecule has 1 aliphatic rings. The van der Waals surface area contributed by atoms with Crippen molar-refractivity contribution in [2.75, 3.05) is 52.2 Å². The van der Waals surface area contributed by atoms with Crippen LogP contribution < -0.4 is 15.8 Å². The van der Waals surface area contributed by atoms with E-state index in [4.69, 9.17) is 10.5 Å². The highest BCUT2D eigenvalue weighted by Gasteiger charge is 2.17. The van der Waals surface area contributed by atoms with Crippen LogP contribution in [0.3, 0.4) is 0 Å². The highest BCUT2D eigenvalue weighted by Crippen LogP contribution is 2.23. The SMILES string of the molecule is CN=CC(=CN)c1ccc(CNc2cc(-c3cnc4cc(OCCN5CCC(=O)N(C)CC5)ccn34)ncn2)cc1. The van der Waals surface area contributed by atoms with Crippen LogP contribution in [-0.4, -0.2) is 88.2 Å². The maximum Gasteiger partial charge on any atom is 0.223 e.